The molecule has 1 heterocycles. The minimum Gasteiger partial charge on any atom is -0.218 e. The second kappa shape index (κ2) is 3.71. The molecule has 0 aliphatic heterocycles. The average molecular weight is 172 g/mol. The Balaban J connectivity index is 2.78. The van der Waals surface area contributed by atoms with Gasteiger partial charge in [0.15, 0.2) is 0 Å². The van der Waals surface area contributed by atoms with E-state index in [9.17, 15) is 0 Å². The summed E-state index contributed by atoms with van der Waals surface area (Å²) in [6, 6.07) is 0.346. The molecule has 0 bridgehead atoms. The van der Waals surface area contributed by atoms with Crippen LogP contribution >= 0.6 is 11.8 Å². The Morgan fingerprint density at radius 3 is 2.82 bits per heavy atom. The van der Waals surface area contributed by atoms with Gasteiger partial charge in [-0.05, 0) is 30.0 Å². The van der Waals surface area contributed by atoms with Gasteiger partial charge in [-0.2, -0.15) is 0 Å². The maximum absolute atomic E-state index is 3.89. The summed E-state index contributed by atoms with van der Waals surface area (Å²) in [7, 11) is 0. The largest absolute Gasteiger partial charge is 0.218 e. The maximum Gasteiger partial charge on any atom is 0.209 e. The van der Waals surface area contributed by atoms with Crippen molar-refractivity contribution < 1.29 is 0 Å². The first-order valence-corrected chi connectivity index (χ1v) is 4.65. The van der Waals surface area contributed by atoms with Gasteiger partial charge < -0.3 is 0 Å². The summed E-state index contributed by atoms with van der Waals surface area (Å²) >= 11 is 1.66. The maximum atomic E-state index is 3.89. The van der Waals surface area contributed by atoms with Crippen LogP contribution in [0.5, 0.6) is 0 Å². The molecule has 0 N–H and O–H groups in total. The van der Waals surface area contributed by atoms with E-state index in [1.807, 2.05) is 4.68 Å². The molecular formula is C6H12N4S. The van der Waals surface area contributed by atoms with E-state index < -0.39 is 0 Å². The van der Waals surface area contributed by atoms with Crippen molar-refractivity contribution in [2.24, 2.45) is 0 Å². The molecule has 0 saturated carbocycles. The highest BCUT2D eigenvalue weighted by molar-refractivity contribution is 7.99. The first-order valence-electron chi connectivity index (χ1n) is 3.66. The van der Waals surface area contributed by atoms with Crippen LogP contribution in [0.15, 0.2) is 5.16 Å². The topological polar surface area (TPSA) is 43.6 Å². The van der Waals surface area contributed by atoms with Crippen molar-refractivity contribution in [3.8, 4) is 0 Å². The molecule has 0 atom stereocenters. The van der Waals surface area contributed by atoms with E-state index >= 15 is 0 Å². The zero-order valence-electron chi connectivity index (χ0n) is 6.98. The Morgan fingerprint density at radius 2 is 2.27 bits per heavy atom. The molecule has 0 radical (unpaired) electrons. The zero-order valence-corrected chi connectivity index (χ0v) is 7.80. The van der Waals surface area contributed by atoms with Gasteiger partial charge in [0.1, 0.15) is 0 Å². The monoisotopic (exact) mass is 172 g/mol. The minimum atomic E-state index is 0.346. The molecule has 1 rings (SSSR count). The Hall–Kier alpha value is -0.580. The van der Waals surface area contributed by atoms with Gasteiger partial charge in [0.05, 0.1) is 6.04 Å². The van der Waals surface area contributed by atoms with Gasteiger partial charge in [0.2, 0.25) is 5.16 Å². The Morgan fingerprint density at radius 1 is 1.55 bits per heavy atom. The number of aromatic nitrogens is 4. The Labute approximate surface area is 70.4 Å². The molecule has 0 aliphatic carbocycles. The van der Waals surface area contributed by atoms with Crippen molar-refractivity contribution >= 4 is 11.8 Å². The molecule has 0 aliphatic rings. The lowest BCUT2D eigenvalue weighted by molar-refractivity contribution is 0.477. The highest BCUT2D eigenvalue weighted by Crippen LogP contribution is 2.15. The number of nitrogens with zero attached hydrogens (tertiary/aromatic N) is 4. The van der Waals surface area contributed by atoms with E-state index in [-0.39, 0.29) is 0 Å². The fraction of sp³-hybridized carbons (Fsp3) is 0.833. The lowest BCUT2D eigenvalue weighted by Crippen LogP contribution is -2.04. The lowest BCUT2D eigenvalue weighted by Gasteiger charge is -2.05. The number of tetrazole rings is 1. The predicted octanol–water partition coefficient (Wildman–Crippen LogP) is 1.37. The molecule has 5 heteroatoms. The molecule has 0 amide bonds. The minimum absolute atomic E-state index is 0.346. The third-order valence-corrected chi connectivity index (χ3v) is 2.04. The second-order valence-electron chi connectivity index (χ2n) is 2.43. The van der Waals surface area contributed by atoms with E-state index in [1.165, 1.54) is 0 Å². The summed E-state index contributed by atoms with van der Waals surface area (Å²) in [5.74, 6) is 1.01. The molecule has 0 unspecified atom stereocenters. The highest BCUT2D eigenvalue weighted by atomic mass is 32.2. The Bertz CT molecular complexity index is 220. The van der Waals surface area contributed by atoms with Crippen molar-refractivity contribution in [2.75, 3.05) is 5.75 Å². The van der Waals surface area contributed by atoms with Crippen LogP contribution in [0.25, 0.3) is 0 Å². The Kier molecular flexibility index (Phi) is 2.87. The number of hydrogen-bond acceptors (Lipinski definition) is 4. The van der Waals surface area contributed by atoms with Crippen LogP contribution < -0.4 is 0 Å². The molecule has 11 heavy (non-hydrogen) atoms. The fourth-order valence-electron chi connectivity index (χ4n) is 0.734. The van der Waals surface area contributed by atoms with E-state index in [1.54, 1.807) is 11.8 Å². The number of thioether (sulfide) groups is 1. The van der Waals surface area contributed by atoms with Gasteiger partial charge in [-0.1, -0.05) is 18.7 Å². The van der Waals surface area contributed by atoms with Crippen LogP contribution in [0.2, 0.25) is 0 Å². The summed E-state index contributed by atoms with van der Waals surface area (Å²) in [6.07, 6.45) is 0. The van der Waals surface area contributed by atoms with E-state index in [0.29, 0.717) is 6.04 Å². The van der Waals surface area contributed by atoms with Crippen LogP contribution in [0.4, 0.5) is 0 Å². The van der Waals surface area contributed by atoms with E-state index in [0.717, 1.165) is 10.9 Å². The first-order chi connectivity index (χ1) is 5.25. The van der Waals surface area contributed by atoms with E-state index in [4.69, 9.17) is 0 Å². The number of rotatable bonds is 3. The summed E-state index contributed by atoms with van der Waals surface area (Å²) in [6.45, 7) is 6.22. The number of hydrogen-bond donors (Lipinski definition) is 0. The van der Waals surface area contributed by atoms with Crippen molar-refractivity contribution in [1.29, 1.82) is 0 Å². The summed E-state index contributed by atoms with van der Waals surface area (Å²) in [5.41, 5.74) is 0. The molecule has 1 aromatic heterocycles. The zero-order chi connectivity index (χ0) is 8.27. The summed E-state index contributed by atoms with van der Waals surface area (Å²) in [5, 5.41) is 12.3. The van der Waals surface area contributed by atoms with Crippen LogP contribution in [0.3, 0.4) is 0 Å². The fourth-order valence-corrected chi connectivity index (χ4v) is 1.47. The molecule has 62 valence electrons. The van der Waals surface area contributed by atoms with E-state index in [2.05, 4.69) is 36.3 Å². The molecule has 0 aromatic carbocycles. The normalized spacial score (nSPS) is 10.9. The second-order valence-corrected chi connectivity index (χ2v) is 3.66. The first kappa shape index (κ1) is 8.52. The molecular weight excluding hydrogens is 160 g/mol. The van der Waals surface area contributed by atoms with Crippen LogP contribution in [0, 0.1) is 0 Å². The molecule has 4 nitrogen and oxygen atoms in total. The SMILES string of the molecule is CCSc1nnnn1C(C)C. The smallest absolute Gasteiger partial charge is 0.209 e. The molecule has 0 spiro atoms. The van der Waals surface area contributed by atoms with Crippen molar-refractivity contribution in [3.05, 3.63) is 0 Å². The van der Waals surface area contributed by atoms with Crippen molar-refractivity contribution in [2.45, 2.75) is 32.0 Å². The van der Waals surface area contributed by atoms with Gasteiger partial charge in [-0.15, -0.1) is 5.10 Å². The van der Waals surface area contributed by atoms with Crippen LogP contribution in [-0.2, 0) is 0 Å². The van der Waals surface area contributed by atoms with Crippen molar-refractivity contribution in [3.63, 3.8) is 0 Å². The lowest BCUT2D eigenvalue weighted by atomic mass is 10.4. The predicted molar refractivity (Wildman–Crippen MR) is 44.6 cm³/mol. The van der Waals surface area contributed by atoms with Gasteiger partial charge >= 0.3 is 0 Å². The van der Waals surface area contributed by atoms with Gasteiger partial charge in [-0.25, -0.2) is 4.68 Å². The van der Waals surface area contributed by atoms with Gasteiger partial charge in [0, 0.05) is 0 Å². The summed E-state index contributed by atoms with van der Waals surface area (Å²) < 4.78 is 1.83. The van der Waals surface area contributed by atoms with Gasteiger partial charge in [0.25, 0.3) is 0 Å². The average Bonchev–Trinajstić information content (AvgIpc) is 2.36. The quantitative estimate of drug-likeness (QED) is 0.646. The third kappa shape index (κ3) is 1.92. The standard InChI is InChI=1S/C6H12N4S/c1-4-11-6-7-8-9-10(6)5(2)3/h5H,4H2,1-3H3. The third-order valence-electron chi connectivity index (χ3n) is 1.23. The van der Waals surface area contributed by atoms with Crippen LogP contribution in [0.1, 0.15) is 26.8 Å². The summed E-state index contributed by atoms with van der Waals surface area (Å²) in [4.78, 5) is 0. The van der Waals surface area contributed by atoms with Crippen LogP contribution in [-0.4, -0.2) is 26.0 Å². The van der Waals surface area contributed by atoms with Gasteiger partial charge in [-0.3, -0.25) is 0 Å². The molecule has 0 fully saturated rings. The molecule has 0 saturated heterocycles. The highest BCUT2D eigenvalue weighted by Gasteiger charge is 2.07. The molecule has 1 aromatic rings. The van der Waals surface area contributed by atoms with Crippen molar-refractivity contribution in [1.82, 2.24) is 20.2 Å².